The average Bonchev–Trinajstić information content (AvgIpc) is 3.00. The molecule has 2 rings (SSSR count). The molecule has 20 heavy (non-hydrogen) atoms. The molecule has 2 heterocycles. The van der Waals surface area contributed by atoms with Gasteiger partial charge in [-0.15, -0.1) is 0 Å². The van der Waals surface area contributed by atoms with Crippen molar-refractivity contribution in [1.29, 1.82) is 0 Å². The topological polar surface area (TPSA) is 110 Å². The normalized spacial score (nSPS) is 13.8. The lowest BCUT2D eigenvalue weighted by atomic mass is 10.1. The van der Waals surface area contributed by atoms with Crippen molar-refractivity contribution in [2.24, 2.45) is 0 Å². The minimum Gasteiger partial charge on any atom is -0.469 e. The fourth-order valence-corrected chi connectivity index (χ4v) is 1.58. The minimum atomic E-state index is -1.27. The van der Waals surface area contributed by atoms with E-state index in [1.807, 2.05) is 0 Å². The van der Waals surface area contributed by atoms with Crippen LogP contribution in [0.25, 0.3) is 5.95 Å². The van der Waals surface area contributed by atoms with Crippen LogP contribution in [0.5, 0.6) is 0 Å². The molecule has 0 saturated carbocycles. The number of hydrogen-bond donors (Lipinski definition) is 2. The number of esters is 1. The van der Waals surface area contributed by atoms with Crippen LogP contribution in [0.2, 0.25) is 0 Å². The molecule has 0 aliphatic carbocycles. The first kappa shape index (κ1) is 14.1. The largest absolute Gasteiger partial charge is 0.469 e. The summed E-state index contributed by atoms with van der Waals surface area (Å²) in [4.78, 5) is 23.0. The second-order valence-corrected chi connectivity index (χ2v) is 4.08. The monoisotopic (exact) mass is 278 g/mol. The molecule has 0 bridgehead atoms. The first-order valence-electron chi connectivity index (χ1n) is 5.85. The third kappa shape index (κ3) is 3.16. The summed E-state index contributed by atoms with van der Waals surface area (Å²) in [6.45, 7) is 0. The first-order valence-corrected chi connectivity index (χ1v) is 5.85. The van der Waals surface area contributed by atoms with Crippen molar-refractivity contribution in [1.82, 2.24) is 19.5 Å². The summed E-state index contributed by atoms with van der Waals surface area (Å²) >= 11 is 0. The van der Waals surface area contributed by atoms with Crippen LogP contribution < -0.4 is 0 Å². The van der Waals surface area contributed by atoms with Gasteiger partial charge in [-0.3, -0.25) is 9.36 Å². The number of aromatic nitrogens is 4. The van der Waals surface area contributed by atoms with Gasteiger partial charge in [0.15, 0.2) is 0 Å². The van der Waals surface area contributed by atoms with Crippen molar-refractivity contribution in [3.63, 3.8) is 0 Å². The summed E-state index contributed by atoms with van der Waals surface area (Å²) in [7, 11) is 1.21. The van der Waals surface area contributed by atoms with Gasteiger partial charge in [0.2, 0.25) is 5.95 Å². The molecule has 0 saturated heterocycles. The molecular weight excluding hydrogens is 264 g/mol. The van der Waals surface area contributed by atoms with Gasteiger partial charge in [0, 0.05) is 30.4 Å². The number of aliphatic hydroxyl groups excluding tert-OH is 2. The van der Waals surface area contributed by atoms with Crippen LogP contribution >= 0.6 is 0 Å². The molecule has 8 nitrogen and oxygen atoms in total. The Morgan fingerprint density at radius 1 is 1.40 bits per heavy atom. The lowest BCUT2D eigenvalue weighted by Gasteiger charge is -2.16. The third-order valence-corrected chi connectivity index (χ3v) is 2.70. The van der Waals surface area contributed by atoms with E-state index in [0.29, 0.717) is 11.5 Å². The Labute approximate surface area is 114 Å². The van der Waals surface area contributed by atoms with E-state index in [2.05, 4.69) is 19.7 Å². The van der Waals surface area contributed by atoms with E-state index < -0.39 is 18.2 Å². The van der Waals surface area contributed by atoms with E-state index in [1.54, 1.807) is 17.0 Å². The zero-order chi connectivity index (χ0) is 14.5. The molecule has 8 heteroatoms. The Kier molecular flexibility index (Phi) is 4.38. The molecule has 0 fully saturated rings. The smallest absolute Gasteiger partial charge is 0.308 e. The second-order valence-electron chi connectivity index (χ2n) is 4.08. The highest BCUT2D eigenvalue weighted by Crippen LogP contribution is 2.18. The molecule has 2 aromatic rings. The molecule has 0 aromatic carbocycles. The lowest BCUT2D eigenvalue weighted by molar-refractivity contribution is -0.144. The van der Waals surface area contributed by atoms with Gasteiger partial charge in [-0.2, -0.15) is 0 Å². The summed E-state index contributed by atoms with van der Waals surface area (Å²) in [5, 5.41) is 19.6. The minimum absolute atomic E-state index is 0.305. The molecule has 0 amide bonds. The second kappa shape index (κ2) is 6.22. The van der Waals surface area contributed by atoms with E-state index >= 15 is 0 Å². The van der Waals surface area contributed by atoms with E-state index in [-0.39, 0.29) is 6.42 Å². The van der Waals surface area contributed by atoms with E-state index in [1.165, 1.54) is 25.8 Å². The zero-order valence-corrected chi connectivity index (χ0v) is 10.7. The van der Waals surface area contributed by atoms with E-state index in [9.17, 15) is 15.0 Å². The van der Waals surface area contributed by atoms with Gasteiger partial charge in [-0.1, -0.05) is 0 Å². The molecule has 2 N–H and O–H groups in total. The summed E-state index contributed by atoms with van der Waals surface area (Å²) in [5.74, 6) is -0.214. The number of methoxy groups -OCH3 is 1. The number of nitrogens with zero attached hydrogens (tertiary/aromatic N) is 4. The number of aliphatic hydroxyl groups is 2. The fourth-order valence-electron chi connectivity index (χ4n) is 1.58. The highest BCUT2D eigenvalue weighted by Gasteiger charge is 2.22. The van der Waals surface area contributed by atoms with Crippen molar-refractivity contribution in [2.75, 3.05) is 7.11 Å². The van der Waals surface area contributed by atoms with Crippen LogP contribution in [0.4, 0.5) is 0 Å². The predicted molar refractivity (Wildman–Crippen MR) is 66.8 cm³/mol. The van der Waals surface area contributed by atoms with E-state index in [4.69, 9.17) is 0 Å². The summed E-state index contributed by atoms with van der Waals surface area (Å²) in [6.07, 6.45) is 4.74. The number of ether oxygens (including phenoxy) is 1. The highest BCUT2D eigenvalue weighted by atomic mass is 16.5. The highest BCUT2D eigenvalue weighted by molar-refractivity contribution is 5.69. The number of hydrogen-bond acceptors (Lipinski definition) is 7. The van der Waals surface area contributed by atoms with Crippen molar-refractivity contribution in [2.45, 2.75) is 18.6 Å². The third-order valence-electron chi connectivity index (χ3n) is 2.70. The van der Waals surface area contributed by atoms with Gasteiger partial charge >= 0.3 is 5.97 Å². The molecule has 0 radical (unpaired) electrons. The van der Waals surface area contributed by atoms with Crippen LogP contribution in [0.15, 0.2) is 31.1 Å². The van der Waals surface area contributed by atoms with Gasteiger partial charge in [-0.25, -0.2) is 15.0 Å². The number of carbonyl (C=O) groups excluding carboxylic acids is 1. The maximum Gasteiger partial charge on any atom is 0.308 e. The number of rotatable bonds is 5. The predicted octanol–water partition coefficient (Wildman–Crippen LogP) is -0.380. The van der Waals surface area contributed by atoms with E-state index in [0.717, 1.165) is 0 Å². The molecular formula is C12H14N4O4. The molecule has 2 unspecified atom stereocenters. The first-order chi connectivity index (χ1) is 9.61. The molecule has 0 aliphatic rings. The SMILES string of the molecule is COC(=O)CC(O)C(O)c1cnc(-n2ccnc2)nc1. The van der Waals surface area contributed by atoms with Gasteiger partial charge in [0.25, 0.3) is 0 Å². The Morgan fingerprint density at radius 2 is 2.10 bits per heavy atom. The Bertz CT molecular complexity index is 555. The Morgan fingerprint density at radius 3 is 2.65 bits per heavy atom. The summed E-state index contributed by atoms with van der Waals surface area (Å²) < 4.78 is 6.02. The molecule has 2 aromatic heterocycles. The van der Waals surface area contributed by atoms with Crippen LogP contribution in [0.3, 0.4) is 0 Å². The summed E-state index contributed by atoms with van der Waals surface area (Å²) in [5.41, 5.74) is 0.310. The molecule has 106 valence electrons. The zero-order valence-electron chi connectivity index (χ0n) is 10.7. The van der Waals surface area contributed by atoms with Gasteiger partial charge in [0.05, 0.1) is 19.6 Å². The lowest BCUT2D eigenvalue weighted by Crippen LogP contribution is -2.23. The van der Waals surface area contributed by atoms with Crippen LogP contribution in [-0.4, -0.2) is 48.9 Å². The van der Waals surface area contributed by atoms with Gasteiger partial charge in [-0.05, 0) is 0 Å². The molecule has 0 aliphatic heterocycles. The van der Waals surface area contributed by atoms with Crippen molar-refractivity contribution < 1.29 is 19.7 Å². The standard InChI is InChI=1S/C12H14N4O4/c1-20-10(18)4-9(17)11(19)8-5-14-12(15-6-8)16-3-2-13-7-16/h2-3,5-7,9,11,17,19H,4H2,1H3. The van der Waals surface area contributed by atoms with Crippen molar-refractivity contribution in [3.05, 3.63) is 36.7 Å². The summed E-state index contributed by atoms with van der Waals surface area (Å²) in [6, 6.07) is 0. The Hall–Kier alpha value is -2.32. The number of carbonyl (C=O) groups is 1. The van der Waals surface area contributed by atoms with Crippen LogP contribution in [-0.2, 0) is 9.53 Å². The molecule has 2 atom stereocenters. The quantitative estimate of drug-likeness (QED) is 0.717. The van der Waals surface area contributed by atoms with Gasteiger partial charge in [0.1, 0.15) is 12.4 Å². The van der Waals surface area contributed by atoms with Crippen LogP contribution in [0, 0.1) is 0 Å². The van der Waals surface area contributed by atoms with Gasteiger partial charge < -0.3 is 14.9 Å². The van der Waals surface area contributed by atoms with Crippen LogP contribution in [0.1, 0.15) is 18.1 Å². The average molecular weight is 278 g/mol. The Balaban J connectivity index is 2.07. The maximum absolute atomic E-state index is 11.0. The number of imidazole rings is 1. The fraction of sp³-hybridized carbons (Fsp3) is 0.333. The maximum atomic E-state index is 11.0. The van der Waals surface area contributed by atoms with Crippen molar-refractivity contribution in [3.8, 4) is 5.95 Å². The van der Waals surface area contributed by atoms with Crippen molar-refractivity contribution >= 4 is 5.97 Å². The molecule has 0 spiro atoms.